The number of hydrogen-bond acceptors (Lipinski definition) is 5. The summed E-state index contributed by atoms with van der Waals surface area (Å²) >= 11 is 0. The maximum Gasteiger partial charge on any atom is 0.335 e. The molecule has 3 aromatic rings. The molecule has 3 rings (SSSR count). The van der Waals surface area contributed by atoms with Crippen LogP contribution in [0.3, 0.4) is 0 Å². The van der Waals surface area contributed by atoms with Crippen LogP contribution in [0.25, 0.3) is 0 Å². The number of hydrogen-bond donors (Lipinski definition) is 2. The number of nitrogens with one attached hydrogen (secondary N) is 1. The van der Waals surface area contributed by atoms with Gasteiger partial charge in [0.15, 0.2) is 5.78 Å². The van der Waals surface area contributed by atoms with Crippen LogP contribution in [-0.4, -0.2) is 32.7 Å². The van der Waals surface area contributed by atoms with Gasteiger partial charge in [0.05, 0.1) is 5.56 Å². The minimum Gasteiger partial charge on any atom is -0.478 e. The molecule has 2 N–H and O–H groups in total. The number of aromatic nitrogens is 2. The fourth-order valence-corrected chi connectivity index (χ4v) is 3.63. The molecule has 0 saturated carbocycles. The molecule has 0 aliphatic carbocycles. The predicted molar refractivity (Wildman–Crippen MR) is 168 cm³/mol. The first-order valence-electron chi connectivity index (χ1n) is 14.5. The Balaban J connectivity index is 0.000000681. The van der Waals surface area contributed by atoms with E-state index in [1.54, 1.807) is 25.1 Å². The molecule has 0 radical (unpaired) electrons. The Bertz CT molecular complexity index is 1290. The Morgan fingerprint density at radius 2 is 1.52 bits per heavy atom. The zero-order valence-electron chi connectivity index (χ0n) is 26.8. The van der Waals surface area contributed by atoms with Gasteiger partial charge in [-0.1, -0.05) is 85.6 Å². The van der Waals surface area contributed by atoms with Gasteiger partial charge in [0, 0.05) is 13.5 Å². The van der Waals surface area contributed by atoms with Crippen LogP contribution in [0.4, 0.5) is 4.39 Å². The first-order chi connectivity index (χ1) is 19.8. The first kappa shape index (κ1) is 38.1. The van der Waals surface area contributed by atoms with Crippen molar-refractivity contribution in [3.63, 3.8) is 0 Å². The van der Waals surface area contributed by atoms with Gasteiger partial charge in [-0.25, -0.2) is 19.2 Å². The van der Waals surface area contributed by atoms with Gasteiger partial charge in [-0.05, 0) is 66.1 Å². The van der Waals surface area contributed by atoms with Crippen molar-refractivity contribution in [2.45, 2.75) is 94.5 Å². The lowest BCUT2D eigenvalue weighted by atomic mass is 9.98. The average molecular weight is 582 g/mol. The second kappa shape index (κ2) is 20.0. The molecule has 0 aliphatic heterocycles. The molecule has 1 amide bonds. The lowest BCUT2D eigenvalue weighted by Crippen LogP contribution is -2.24. The molecule has 8 heteroatoms. The van der Waals surface area contributed by atoms with E-state index in [1.165, 1.54) is 43.8 Å². The normalized spacial score (nSPS) is 9.93. The Labute approximate surface area is 251 Å². The number of halogens is 1. The van der Waals surface area contributed by atoms with Crippen molar-refractivity contribution in [1.29, 1.82) is 0 Å². The standard InChI is InChI=1S/C15H14FN3O2.C11H14O2.C6H14.C2H6/c1-9-5-11(3-4-12(9)16)7-17-15(21)14-6-13(10(2)20)18-8-19-14;1-7(2)9-4-5-10(11(12)13)8(3)6-9;1-4-5-6(2)3;1-2/h3-6,8H,7H2,1-2H3,(H,17,21);4-7H,1-3H3,(H,12,13);6H,4-5H2,1-3H3;1-2H3. The van der Waals surface area contributed by atoms with Gasteiger partial charge < -0.3 is 10.4 Å². The van der Waals surface area contributed by atoms with Crippen molar-refractivity contribution in [1.82, 2.24) is 15.3 Å². The summed E-state index contributed by atoms with van der Waals surface area (Å²) in [7, 11) is 0. The molecule has 230 valence electrons. The van der Waals surface area contributed by atoms with E-state index in [-0.39, 0.29) is 29.5 Å². The lowest BCUT2D eigenvalue weighted by Gasteiger charge is -2.07. The number of carbonyl (C=O) groups excluding carboxylic acids is 2. The highest BCUT2D eigenvalue weighted by atomic mass is 19.1. The van der Waals surface area contributed by atoms with Crippen molar-refractivity contribution in [2.24, 2.45) is 5.92 Å². The summed E-state index contributed by atoms with van der Waals surface area (Å²) in [5, 5.41) is 11.5. The van der Waals surface area contributed by atoms with Crippen molar-refractivity contribution in [2.75, 3.05) is 0 Å². The van der Waals surface area contributed by atoms with E-state index in [2.05, 4.69) is 49.9 Å². The SMILES string of the molecule is CC.CC(=O)c1cc(C(=O)NCc2ccc(F)c(C)c2)ncn1.CCCC(C)C.Cc1cc(C(C)C)ccc1C(=O)O. The van der Waals surface area contributed by atoms with E-state index in [0.717, 1.165) is 17.0 Å². The van der Waals surface area contributed by atoms with Crippen molar-refractivity contribution in [3.8, 4) is 0 Å². The maximum atomic E-state index is 13.1. The number of Topliss-reactive ketones (excluding diaryl/α,β-unsaturated/α-hetero) is 1. The number of aromatic carboxylic acids is 1. The predicted octanol–water partition coefficient (Wildman–Crippen LogP) is 8.34. The van der Waals surface area contributed by atoms with Crippen LogP contribution in [0.1, 0.15) is 128 Å². The van der Waals surface area contributed by atoms with Gasteiger partial charge in [-0.15, -0.1) is 0 Å². The van der Waals surface area contributed by atoms with Crippen molar-refractivity contribution in [3.05, 3.63) is 93.8 Å². The third-order valence-electron chi connectivity index (χ3n) is 5.95. The van der Waals surface area contributed by atoms with Crippen LogP contribution in [0.5, 0.6) is 0 Å². The molecule has 1 aromatic heterocycles. The number of ketones is 1. The number of rotatable bonds is 8. The Kier molecular flexibility index (Phi) is 18.1. The number of benzene rings is 2. The van der Waals surface area contributed by atoms with Crippen LogP contribution in [0.2, 0.25) is 0 Å². The van der Waals surface area contributed by atoms with Crippen LogP contribution in [-0.2, 0) is 6.54 Å². The average Bonchev–Trinajstić information content (AvgIpc) is 2.95. The first-order valence-corrected chi connectivity index (χ1v) is 14.5. The molecule has 0 unspecified atom stereocenters. The van der Waals surface area contributed by atoms with Gasteiger partial charge >= 0.3 is 5.97 Å². The quantitative estimate of drug-likeness (QED) is 0.259. The van der Waals surface area contributed by atoms with E-state index in [9.17, 15) is 18.8 Å². The lowest BCUT2D eigenvalue weighted by molar-refractivity contribution is 0.0695. The Hall–Kier alpha value is -3.94. The van der Waals surface area contributed by atoms with Gasteiger partial charge in [0.2, 0.25) is 0 Å². The summed E-state index contributed by atoms with van der Waals surface area (Å²) in [6, 6.07) is 11.4. The largest absolute Gasteiger partial charge is 0.478 e. The third-order valence-corrected chi connectivity index (χ3v) is 5.95. The van der Waals surface area contributed by atoms with Crippen molar-refractivity contribution >= 4 is 17.7 Å². The molecule has 1 heterocycles. The molecule has 0 fully saturated rings. The molecule has 0 aliphatic rings. The summed E-state index contributed by atoms with van der Waals surface area (Å²) in [5.41, 5.74) is 4.01. The van der Waals surface area contributed by atoms with Gasteiger partial charge in [0.1, 0.15) is 23.5 Å². The molecule has 0 atom stereocenters. The summed E-state index contributed by atoms with van der Waals surface area (Å²) in [6.45, 7) is 20.0. The van der Waals surface area contributed by atoms with Crippen molar-refractivity contribution < 1.29 is 23.9 Å². The number of aryl methyl sites for hydroxylation is 2. The molecule has 2 aromatic carbocycles. The zero-order chi connectivity index (χ0) is 32.4. The fraction of sp³-hybridized carbons (Fsp3) is 0.441. The highest BCUT2D eigenvalue weighted by Crippen LogP contribution is 2.18. The highest BCUT2D eigenvalue weighted by molar-refractivity contribution is 5.97. The van der Waals surface area contributed by atoms with E-state index >= 15 is 0 Å². The van der Waals surface area contributed by atoms with Gasteiger partial charge in [0.25, 0.3) is 5.91 Å². The summed E-state index contributed by atoms with van der Waals surface area (Å²) < 4.78 is 13.1. The summed E-state index contributed by atoms with van der Waals surface area (Å²) in [4.78, 5) is 41.5. The molecule has 0 bridgehead atoms. The summed E-state index contributed by atoms with van der Waals surface area (Å²) in [6.07, 6.45) is 3.88. The Morgan fingerprint density at radius 3 is 1.98 bits per heavy atom. The molecule has 0 spiro atoms. The smallest absolute Gasteiger partial charge is 0.335 e. The minimum atomic E-state index is -0.854. The topological polar surface area (TPSA) is 109 Å². The molecular formula is C34H48FN3O4. The monoisotopic (exact) mass is 581 g/mol. The van der Waals surface area contributed by atoms with Gasteiger partial charge in [-0.3, -0.25) is 9.59 Å². The molecule has 42 heavy (non-hydrogen) atoms. The highest BCUT2D eigenvalue weighted by Gasteiger charge is 2.11. The zero-order valence-corrected chi connectivity index (χ0v) is 26.8. The van der Waals surface area contributed by atoms with E-state index in [4.69, 9.17) is 5.11 Å². The van der Waals surface area contributed by atoms with Gasteiger partial charge in [-0.2, -0.15) is 0 Å². The van der Waals surface area contributed by atoms with Crippen LogP contribution in [0.15, 0.2) is 48.8 Å². The molecule has 7 nitrogen and oxygen atoms in total. The van der Waals surface area contributed by atoms with Crippen LogP contribution >= 0.6 is 0 Å². The third kappa shape index (κ3) is 14.1. The number of nitrogens with zero attached hydrogens (tertiary/aromatic N) is 2. The van der Waals surface area contributed by atoms with E-state index < -0.39 is 11.9 Å². The van der Waals surface area contributed by atoms with E-state index in [0.29, 0.717) is 17.0 Å². The second-order valence-corrected chi connectivity index (χ2v) is 10.3. The van der Waals surface area contributed by atoms with Crippen LogP contribution in [0, 0.1) is 25.6 Å². The number of carbonyl (C=O) groups is 3. The number of amides is 1. The number of carboxylic acids is 1. The molecule has 0 saturated heterocycles. The van der Waals surface area contributed by atoms with E-state index in [1.807, 2.05) is 32.9 Å². The summed E-state index contributed by atoms with van der Waals surface area (Å²) in [5.74, 6) is -0.446. The number of carboxylic acid groups (broad SMARTS) is 1. The van der Waals surface area contributed by atoms with Crippen LogP contribution < -0.4 is 5.32 Å². The minimum absolute atomic E-state index is 0.119. The Morgan fingerprint density at radius 1 is 0.905 bits per heavy atom. The fourth-order valence-electron chi connectivity index (χ4n) is 3.63. The maximum absolute atomic E-state index is 13.1. The second-order valence-electron chi connectivity index (χ2n) is 10.3. The molecular weight excluding hydrogens is 533 g/mol.